The van der Waals surface area contributed by atoms with E-state index in [1.54, 1.807) is 0 Å². The fraction of sp³-hybridized carbons (Fsp3) is 0.739. The summed E-state index contributed by atoms with van der Waals surface area (Å²) in [6.07, 6.45) is -0.0146. The third-order valence-electron chi connectivity index (χ3n) is 7.46. The quantitative estimate of drug-likeness (QED) is 0.429. The van der Waals surface area contributed by atoms with Crippen LogP contribution in [0.25, 0.3) is 0 Å². The van der Waals surface area contributed by atoms with E-state index in [9.17, 15) is 0 Å². The van der Waals surface area contributed by atoms with Gasteiger partial charge in [0.15, 0.2) is 5.60 Å². The molecule has 1 aromatic rings. The fourth-order valence-electron chi connectivity index (χ4n) is 4.63. The van der Waals surface area contributed by atoms with Crippen molar-refractivity contribution in [1.82, 2.24) is 0 Å². The van der Waals surface area contributed by atoms with E-state index in [-0.39, 0.29) is 22.0 Å². The van der Waals surface area contributed by atoms with Gasteiger partial charge in [-0.05, 0) is 37.2 Å². The van der Waals surface area contributed by atoms with Crippen molar-refractivity contribution >= 4 is 8.32 Å². The molecule has 2 aliphatic heterocycles. The summed E-state index contributed by atoms with van der Waals surface area (Å²) >= 11 is 0. The van der Waals surface area contributed by atoms with Crippen LogP contribution in [0.3, 0.4) is 0 Å². The van der Waals surface area contributed by atoms with E-state index in [0.29, 0.717) is 0 Å². The van der Waals surface area contributed by atoms with Gasteiger partial charge in [0.2, 0.25) is 8.32 Å². The molecule has 4 nitrogen and oxygen atoms in total. The van der Waals surface area contributed by atoms with Gasteiger partial charge in [-0.2, -0.15) is 4.89 Å². The maximum absolute atomic E-state index is 6.56. The van der Waals surface area contributed by atoms with Crippen molar-refractivity contribution in [3.8, 4) is 5.75 Å². The second kappa shape index (κ2) is 6.07. The van der Waals surface area contributed by atoms with Crippen molar-refractivity contribution in [2.75, 3.05) is 0 Å². The highest BCUT2D eigenvalue weighted by molar-refractivity contribution is 6.74. The lowest BCUT2D eigenvalue weighted by molar-refractivity contribution is -0.627. The molecule has 2 saturated heterocycles. The normalized spacial score (nSPS) is 32.6. The Kier molecular flexibility index (Phi) is 4.73. The Balaban J connectivity index is 2.07. The average Bonchev–Trinajstić information content (AvgIpc) is 2.59. The van der Waals surface area contributed by atoms with Crippen LogP contribution >= 0.6 is 0 Å². The predicted molar refractivity (Wildman–Crippen MR) is 115 cm³/mol. The van der Waals surface area contributed by atoms with E-state index in [1.165, 1.54) is 0 Å². The number of hydrogen-bond donors (Lipinski definition) is 0. The first-order valence-corrected chi connectivity index (χ1v) is 13.3. The van der Waals surface area contributed by atoms with Crippen LogP contribution in [0.15, 0.2) is 24.3 Å². The summed E-state index contributed by atoms with van der Waals surface area (Å²) in [5.41, 5.74) is -0.0419. The Morgan fingerprint density at radius 3 is 2.07 bits per heavy atom. The van der Waals surface area contributed by atoms with Crippen molar-refractivity contribution in [3.63, 3.8) is 0 Å². The van der Waals surface area contributed by atoms with Gasteiger partial charge >= 0.3 is 0 Å². The summed E-state index contributed by atoms with van der Waals surface area (Å²) in [4.78, 5) is 11.8. The molecule has 1 aromatic carbocycles. The number of benzene rings is 1. The van der Waals surface area contributed by atoms with E-state index in [1.807, 2.05) is 12.1 Å². The van der Waals surface area contributed by atoms with E-state index < -0.39 is 19.7 Å². The standard InChI is InChI=1S/C23H38O4Si/c1-16-21(8,9)23(19(2,3)4)22(24-16,26-27-23)17-13-12-14-18(15-17)25-28(10,11)20(5,6)7/h12-16H,1-11H3/t16-,22-,23-/m0/s1. The molecule has 0 bridgehead atoms. The van der Waals surface area contributed by atoms with Gasteiger partial charge in [-0.1, -0.05) is 67.5 Å². The minimum Gasteiger partial charge on any atom is -0.543 e. The Bertz CT molecular complexity index is 759. The minimum absolute atomic E-state index is 0.0146. The average molecular weight is 407 g/mol. The number of ether oxygens (including phenoxy) is 1. The first kappa shape index (κ1) is 21.8. The van der Waals surface area contributed by atoms with Crippen LogP contribution in [-0.4, -0.2) is 20.0 Å². The summed E-state index contributed by atoms with van der Waals surface area (Å²) in [6, 6.07) is 8.21. The second-order valence-corrected chi connectivity index (χ2v) is 16.3. The Morgan fingerprint density at radius 2 is 1.61 bits per heavy atom. The molecule has 0 aliphatic carbocycles. The van der Waals surface area contributed by atoms with Crippen LogP contribution in [0.4, 0.5) is 0 Å². The molecule has 0 aromatic heterocycles. The predicted octanol–water partition coefficient (Wildman–Crippen LogP) is 6.42. The van der Waals surface area contributed by atoms with Gasteiger partial charge in [0, 0.05) is 16.4 Å². The molecule has 2 fully saturated rings. The molecule has 0 unspecified atom stereocenters. The summed E-state index contributed by atoms with van der Waals surface area (Å²) in [5, 5.41) is 0.132. The van der Waals surface area contributed by atoms with Crippen molar-refractivity contribution in [3.05, 3.63) is 29.8 Å². The number of fused-ring (bicyclic) bond motifs is 1. The van der Waals surface area contributed by atoms with Gasteiger partial charge < -0.3 is 9.16 Å². The Labute approximate surface area is 172 Å². The Morgan fingerprint density at radius 1 is 1.00 bits per heavy atom. The van der Waals surface area contributed by atoms with Crippen LogP contribution in [0.1, 0.15) is 67.9 Å². The lowest BCUT2D eigenvalue weighted by atomic mass is 9.56. The van der Waals surface area contributed by atoms with Crippen molar-refractivity contribution in [2.24, 2.45) is 10.8 Å². The molecular weight excluding hydrogens is 368 g/mol. The van der Waals surface area contributed by atoms with Crippen LogP contribution in [0, 0.1) is 10.8 Å². The lowest BCUT2D eigenvalue weighted by Gasteiger charge is -2.61. The van der Waals surface area contributed by atoms with E-state index in [4.69, 9.17) is 18.9 Å². The topological polar surface area (TPSA) is 36.9 Å². The molecule has 0 N–H and O–H groups in total. The van der Waals surface area contributed by atoms with Crippen molar-refractivity contribution in [1.29, 1.82) is 0 Å². The molecule has 5 heteroatoms. The van der Waals surface area contributed by atoms with E-state index in [0.717, 1.165) is 11.3 Å². The second-order valence-electron chi connectivity index (χ2n) is 11.6. The zero-order valence-corrected chi connectivity index (χ0v) is 20.5. The molecule has 0 radical (unpaired) electrons. The molecule has 2 heterocycles. The first-order chi connectivity index (χ1) is 12.5. The van der Waals surface area contributed by atoms with Crippen LogP contribution < -0.4 is 4.43 Å². The van der Waals surface area contributed by atoms with Gasteiger partial charge in [-0.3, -0.25) is 0 Å². The fourth-order valence-corrected chi connectivity index (χ4v) is 5.66. The molecule has 3 atom stereocenters. The van der Waals surface area contributed by atoms with Gasteiger partial charge in [0.1, 0.15) is 5.75 Å². The molecule has 0 spiro atoms. The molecular formula is C23H38O4Si. The van der Waals surface area contributed by atoms with Crippen LogP contribution in [0.5, 0.6) is 5.75 Å². The maximum Gasteiger partial charge on any atom is 0.261 e. The molecule has 0 amide bonds. The SMILES string of the molecule is C[C@@H]1O[C@@]2(c3cccc(O[Si](C)(C)C(C)(C)C)c3)OO[C@@]2(C(C)(C)C)C1(C)C. The van der Waals surface area contributed by atoms with E-state index in [2.05, 4.69) is 87.5 Å². The summed E-state index contributed by atoms with van der Waals surface area (Å²) < 4.78 is 13.1. The molecule has 2 aliphatic rings. The zero-order chi connectivity index (χ0) is 21.4. The van der Waals surface area contributed by atoms with Gasteiger partial charge in [-0.25, -0.2) is 4.89 Å². The highest BCUT2D eigenvalue weighted by atomic mass is 28.4. The van der Waals surface area contributed by atoms with Crippen molar-refractivity contribution in [2.45, 2.75) is 97.9 Å². The molecule has 0 saturated carbocycles. The van der Waals surface area contributed by atoms with Gasteiger partial charge in [0.05, 0.1) is 6.10 Å². The zero-order valence-electron chi connectivity index (χ0n) is 19.5. The molecule has 158 valence electrons. The van der Waals surface area contributed by atoms with E-state index >= 15 is 0 Å². The third kappa shape index (κ3) is 2.66. The summed E-state index contributed by atoms with van der Waals surface area (Å²) in [6.45, 7) is 24.4. The van der Waals surface area contributed by atoms with Crippen LogP contribution in [0.2, 0.25) is 18.1 Å². The summed E-state index contributed by atoms with van der Waals surface area (Å²) in [5.74, 6) is -0.0567. The Hall–Kier alpha value is -0.883. The van der Waals surface area contributed by atoms with Crippen LogP contribution in [-0.2, 0) is 20.3 Å². The molecule has 3 rings (SSSR count). The minimum atomic E-state index is -1.94. The smallest absolute Gasteiger partial charge is 0.261 e. The van der Waals surface area contributed by atoms with Crippen molar-refractivity contribution < 1.29 is 18.9 Å². The van der Waals surface area contributed by atoms with Gasteiger partial charge in [0.25, 0.3) is 5.79 Å². The van der Waals surface area contributed by atoms with Gasteiger partial charge in [-0.15, -0.1) is 0 Å². The highest BCUT2D eigenvalue weighted by Crippen LogP contribution is 2.71. The summed E-state index contributed by atoms with van der Waals surface area (Å²) in [7, 11) is -1.94. The monoisotopic (exact) mass is 406 g/mol. The third-order valence-corrected chi connectivity index (χ3v) is 11.8. The largest absolute Gasteiger partial charge is 0.543 e. The maximum atomic E-state index is 6.56. The lowest BCUT2D eigenvalue weighted by Crippen LogP contribution is -2.73. The first-order valence-electron chi connectivity index (χ1n) is 10.4. The number of rotatable bonds is 3. The highest BCUT2D eigenvalue weighted by Gasteiger charge is 2.83. The number of hydrogen-bond acceptors (Lipinski definition) is 4. The molecule has 28 heavy (non-hydrogen) atoms.